The van der Waals surface area contributed by atoms with Gasteiger partial charge in [-0.05, 0) is 39.2 Å². The van der Waals surface area contributed by atoms with Crippen LogP contribution in [0.2, 0.25) is 0 Å². The molecule has 0 amide bonds. The van der Waals surface area contributed by atoms with Gasteiger partial charge in [-0.25, -0.2) is 19.6 Å². The first-order valence-corrected chi connectivity index (χ1v) is 11.6. The lowest BCUT2D eigenvalue weighted by Gasteiger charge is -2.20. The van der Waals surface area contributed by atoms with Gasteiger partial charge in [0.2, 0.25) is 5.88 Å². The second-order valence-electron chi connectivity index (χ2n) is 9.02. The van der Waals surface area contributed by atoms with Crippen molar-refractivity contribution in [3.05, 3.63) is 48.5 Å². The number of aryl methyl sites for hydroxylation is 1. The van der Waals surface area contributed by atoms with Crippen molar-refractivity contribution in [3.63, 3.8) is 0 Å². The third kappa shape index (κ3) is 4.69. The molecule has 182 valence electrons. The number of rotatable bonds is 3. The van der Waals surface area contributed by atoms with E-state index in [2.05, 4.69) is 68.1 Å². The van der Waals surface area contributed by atoms with Crippen molar-refractivity contribution < 1.29 is 9.47 Å². The van der Waals surface area contributed by atoms with Gasteiger partial charge >= 0.3 is 0 Å². The number of nitrogens with one attached hydrogen (secondary N) is 1. The third-order valence-electron chi connectivity index (χ3n) is 5.97. The van der Waals surface area contributed by atoms with Gasteiger partial charge in [0, 0.05) is 51.2 Å². The lowest BCUT2D eigenvalue weighted by molar-refractivity contribution is 0.173. The Morgan fingerprint density at radius 1 is 1.09 bits per heavy atom. The fourth-order valence-corrected chi connectivity index (χ4v) is 4.14. The molecule has 1 atom stereocenters. The lowest BCUT2D eigenvalue weighted by Crippen LogP contribution is -2.18. The average Bonchev–Trinajstić information content (AvgIpc) is 3.36. The Kier molecular flexibility index (Phi) is 6.12. The minimum Gasteiger partial charge on any atom is -0.490 e. The predicted octanol–water partition coefficient (Wildman–Crippen LogP) is 3.63. The maximum absolute atomic E-state index is 6.45. The minimum absolute atomic E-state index is 0.0841. The fourth-order valence-electron chi connectivity index (χ4n) is 4.14. The molecule has 1 aliphatic rings. The van der Waals surface area contributed by atoms with E-state index >= 15 is 0 Å². The fraction of sp³-hybridized carbons (Fsp3) is 0.360. The van der Waals surface area contributed by atoms with Crippen molar-refractivity contribution in [2.45, 2.75) is 26.0 Å². The zero-order valence-electron chi connectivity index (χ0n) is 20.7. The summed E-state index contributed by atoms with van der Waals surface area (Å²) in [4.78, 5) is 15.9. The highest BCUT2D eigenvalue weighted by Gasteiger charge is 2.19. The Morgan fingerprint density at radius 3 is 2.77 bits per heavy atom. The third-order valence-corrected chi connectivity index (χ3v) is 5.97. The van der Waals surface area contributed by atoms with Crippen molar-refractivity contribution in [1.29, 1.82) is 0 Å². The van der Waals surface area contributed by atoms with Crippen molar-refractivity contribution in [3.8, 4) is 34.3 Å². The zero-order valence-corrected chi connectivity index (χ0v) is 20.7. The van der Waals surface area contributed by atoms with Gasteiger partial charge in [0.05, 0.1) is 30.2 Å². The molecule has 4 aromatic heterocycles. The molecule has 5 heterocycles. The van der Waals surface area contributed by atoms with E-state index in [1.807, 2.05) is 26.2 Å². The van der Waals surface area contributed by atoms with Gasteiger partial charge in [0.15, 0.2) is 5.82 Å². The van der Waals surface area contributed by atoms with Crippen molar-refractivity contribution in [2.24, 2.45) is 14.1 Å². The van der Waals surface area contributed by atoms with Crippen LogP contribution in [0, 0.1) is 0 Å². The summed E-state index contributed by atoms with van der Waals surface area (Å²) in [6.45, 7) is 3.36. The summed E-state index contributed by atoms with van der Waals surface area (Å²) in [5, 5.41) is 7.63. The number of hydrogen-bond acceptors (Lipinski definition) is 8. The summed E-state index contributed by atoms with van der Waals surface area (Å²) in [6, 6.07) is 7.98. The second-order valence-corrected chi connectivity index (χ2v) is 9.02. The van der Waals surface area contributed by atoms with Crippen LogP contribution in [-0.4, -0.2) is 61.0 Å². The first-order chi connectivity index (χ1) is 16.9. The molecule has 0 radical (unpaired) electrons. The highest BCUT2D eigenvalue weighted by molar-refractivity contribution is 5.71. The molecule has 0 aliphatic carbocycles. The largest absolute Gasteiger partial charge is 0.490 e. The van der Waals surface area contributed by atoms with Crippen molar-refractivity contribution in [1.82, 2.24) is 34.2 Å². The van der Waals surface area contributed by atoms with Crippen molar-refractivity contribution in [2.75, 3.05) is 26.0 Å². The molecule has 0 saturated carbocycles. The number of pyridine rings is 1. The van der Waals surface area contributed by atoms with Gasteiger partial charge in [0.1, 0.15) is 22.9 Å². The van der Waals surface area contributed by atoms with Crippen LogP contribution >= 0.6 is 0 Å². The summed E-state index contributed by atoms with van der Waals surface area (Å²) >= 11 is 0. The molecule has 5 rings (SSSR count). The van der Waals surface area contributed by atoms with Crippen LogP contribution in [0.25, 0.3) is 22.6 Å². The number of aromatic nitrogens is 6. The molecular weight excluding hydrogens is 444 g/mol. The van der Waals surface area contributed by atoms with Crippen LogP contribution in [0.1, 0.15) is 19.0 Å². The Hall–Kier alpha value is -3.92. The Balaban J connectivity index is 1.55. The van der Waals surface area contributed by atoms with Crippen LogP contribution in [0.5, 0.6) is 11.6 Å². The molecule has 1 aliphatic heterocycles. The van der Waals surface area contributed by atoms with E-state index < -0.39 is 0 Å². The average molecular weight is 475 g/mol. The molecule has 0 unspecified atom stereocenters. The molecule has 0 saturated heterocycles. The van der Waals surface area contributed by atoms with Crippen LogP contribution in [0.3, 0.4) is 0 Å². The second kappa shape index (κ2) is 9.38. The number of ether oxygens (including phenoxy) is 2. The molecular formula is C25H30N8O2. The SMILES string of the molecule is C[C@H]1CCOc2c(cnn2C)-c2nccc(n2)Nc2cc(c(-c3ccc(CN(C)C)n3C)cn2)O1. The van der Waals surface area contributed by atoms with E-state index in [9.17, 15) is 0 Å². The number of nitrogens with zero attached hydrogens (tertiary/aromatic N) is 7. The van der Waals surface area contributed by atoms with Crippen LogP contribution in [-0.2, 0) is 20.6 Å². The highest BCUT2D eigenvalue weighted by atomic mass is 16.5. The topological polar surface area (TPSA) is 95.2 Å². The Labute approximate surface area is 204 Å². The Bertz CT molecular complexity index is 1340. The van der Waals surface area contributed by atoms with Gasteiger partial charge in [-0.15, -0.1) is 0 Å². The number of anilines is 2. The summed E-state index contributed by atoms with van der Waals surface area (Å²) in [5.41, 5.74) is 3.93. The molecule has 35 heavy (non-hydrogen) atoms. The summed E-state index contributed by atoms with van der Waals surface area (Å²) in [6.07, 6.45) is 5.88. The van der Waals surface area contributed by atoms with Crippen LogP contribution in [0.4, 0.5) is 11.6 Å². The standard InChI is InChI=1S/C25H30N8O2/c1-16-9-11-34-25-19(14-28-33(25)5)24-26-10-8-22(30-24)29-23-12-21(35-16)18(13-27-23)20-7-6-17(32(20)4)15-31(2)3/h6-8,10,12-14,16H,9,11,15H2,1-5H3,(H,26,27,29,30)/t16-/m0/s1. The highest BCUT2D eigenvalue weighted by Crippen LogP contribution is 2.35. The number of fused-ring (bicyclic) bond motifs is 6. The van der Waals surface area contributed by atoms with E-state index in [-0.39, 0.29) is 6.10 Å². The van der Waals surface area contributed by atoms with E-state index in [1.165, 1.54) is 5.69 Å². The molecule has 4 bridgehead atoms. The van der Waals surface area contributed by atoms with Crippen molar-refractivity contribution >= 4 is 11.6 Å². The molecule has 0 spiro atoms. The summed E-state index contributed by atoms with van der Waals surface area (Å²) < 4.78 is 16.4. The molecule has 1 N–H and O–H groups in total. The summed E-state index contributed by atoms with van der Waals surface area (Å²) in [7, 11) is 8.04. The van der Waals surface area contributed by atoms with Gasteiger partial charge < -0.3 is 24.3 Å². The monoisotopic (exact) mass is 474 g/mol. The van der Waals surface area contributed by atoms with Crippen LogP contribution < -0.4 is 14.8 Å². The van der Waals surface area contributed by atoms with Gasteiger partial charge in [-0.1, -0.05) is 0 Å². The van der Waals surface area contributed by atoms with E-state index in [1.54, 1.807) is 23.1 Å². The molecule has 4 aromatic rings. The molecule has 10 nitrogen and oxygen atoms in total. The van der Waals surface area contributed by atoms with Gasteiger partial charge in [-0.3, -0.25) is 0 Å². The van der Waals surface area contributed by atoms with E-state index in [4.69, 9.17) is 9.47 Å². The van der Waals surface area contributed by atoms with Crippen LogP contribution in [0.15, 0.2) is 42.9 Å². The normalized spacial score (nSPS) is 15.5. The zero-order chi connectivity index (χ0) is 24.5. The first-order valence-electron chi connectivity index (χ1n) is 11.6. The predicted molar refractivity (Wildman–Crippen MR) is 134 cm³/mol. The molecule has 0 aromatic carbocycles. The van der Waals surface area contributed by atoms with Gasteiger partial charge in [0.25, 0.3) is 0 Å². The molecule has 10 heteroatoms. The smallest absolute Gasteiger partial charge is 0.222 e. The minimum atomic E-state index is -0.0841. The summed E-state index contributed by atoms with van der Waals surface area (Å²) in [5.74, 6) is 3.17. The maximum atomic E-state index is 6.45. The molecule has 0 fully saturated rings. The maximum Gasteiger partial charge on any atom is 0.222 e. The first kappa shape index (κ1) is 22.9. The lowest BCUT2D eigenvalue weighted by atomic mass is 10.1. The Morgan fingerprint density at radius 2 is 1.94 bits per heavy atom. The quantitative estimate of drug-likeness (QED) is 0.481. The van der Waals surface area contributed by atoms with E-state index in [0.717, 1.165) is 29.1 Å². The van der Waals surface area contributed by atoms with E-state index in [0.29, 0.717) is 36.4 Å². The van der Waals surface area contributed by atoms with Gasteiger partial charge in [-0.2, -0.15) is 5.10 Å². The number of hydrogen-bond donors (Lipinski definition) is 1.